The maximum absolute atomic E-state index is 6.04. The molecule has 2 atom stereocenters. The monoisotopic (exact) mass is 354 g/mol. The van der Waals surface area contributed by atoms with Gasteiger partial charge in [0.15, 0.2) is 10.8 Å². The number of hydrogen-bond acceptors (Lipinski definition) is 7. The van der Waals surface area contributed by atoms with Crippen molar-refractivity contribution >= 4 is 34.4 Å². The molecule has 1 aliphatic rings. The molecule has 3 aromatic heterocycles. The number of fused-ring (bicyclic) bond motifs is 1. The van der Waals surface area contributed by atoms with E-state index in [1.165, 1.54) is 4.80 Å². The summed E-state index contributed by atoms with van der Waals surface area (Å²) < 4.78 is 7.84. The van der Waals surface area contributed by atoms with Crippen molar-refractivity contribution in [1.29, 1.82) is 0 Å². The van der Waals surface area contributed by atoms with Gasteiger partial charge in [-0.15, -0.1) is 10.2 Å². The van der Waals surface area contributed by atoms with Crippen molar-refractivity contribution in [2.24, 2.45) is 0 Å². The Balaban J connectivity index is 1.62. The van der Waals surface area contributed by atoms with Crippen molar-refractivity contribution in [3.05, 3.63) is 22.6 Å². The second kappa shape index (κ2) is 5.66. The van der Waals surface area contributed by atoms with Crippen LogP contribution in [0.1, 0.15) is 37.9 Å². The Hall–Kier alpha value is -1.84. The molecule has 0 spiro atoms. The molecule has 2 unspecified atom stereocenters. The number of imidazole rings is 1. The molecule has 23 heavy (non-hydrogen) atoms. The average molecular weight is 355 g/mol. The van der Waals surface area contributed by atoms with Crippen molar-refractivity contribution in [1.82, 2.24) is 39.7 Å². The molecule has 0 radical (unpaired) electrons. The molecule has 0 aliphatic carbocycles. The van der Waals surface area contributed by atoms with E-state index in [1.807, 2.05) is 6.92 Å². The molecule has 1 aliphatic heterocycles. The minimum absolute atomic E-state index is 0.0753. The van der Waals surface area contributed by atoms with E-state index in [-0.39, 0.29) is 22.8 Å². The summed E-state index contributed by atoms with van der Waals surface area (Å²) in [5, 5.41) is 12.6. The van der Waals surface area contributed by atoms with E-state index < -0.39 is 0 Å². The minimum atomic E-state index is -0.236. The van der Waals surface area contributed by atoms with Crippen LogP contribution in [0.25, 0.3) is 11.2 Å². The van der Waals surface area contributed by atoms with Gasteiger partial charge < -0.3 is 4.74 Å². The number of tetrazole rings is 1. The van der Waals surface area contributed by atoms with Gasteiger partial charge in [0.25, 0.3) is 0 Å². The summed E-state index contributed by atoms with van der Waals surface area (Å²) in [7, 11) is 0. The van der Waals surface area contributed by atoms with Gasteiger partial charge in [-0.1, -0.05) is 11.6 Å². The Morgan fingerprint density at radius 2 is 2.17 bits per heavy atom. The van der Waals surface area contributed by atoms with Gasteiger partial charge in [-0.3, -0.25) is 4.57 Å². The van der Waals surface area contributed by atoms with Crippen molar-refractivity contribution in [3.63, 3.8) is 0 Å². The normalized spacial score (nSPS) is 21.3. The summed E-state index contributed by atoms with van der Waals surface area (Å²) in [4.78, 5) is 13.9. The van der Waals surface area contributed by atoms with Gasteiger partial charge in [0, 0.05) is 0 Å². The van der Waals surface area contributed by atoms with Crippen molar-refractivity contribution < 1.29 is 4.74 Å². The van der Waals surface area contributed by atoms with E-state index in [0.29, 0.717) is 23.5 Å². The molecular formula is C12H12Cl2N8O. The van der Waals surface area contributed by atoms with E-state index in [1.54, 1.807) is 10.9 Å². The molecule has 3 aromatic rings. The van der Waals surface area contributed by atoms with Crippen LogP contribution >= 0.6 is 23.2 Å². The van der Waals surface area contributed by atoms with Crippen LogP contribution in [-0.2, 0) is 11.3 Å². The quantitative estimate of drug-likeness (QED) is 0.525. The summed E-state index contributed by atoms with van der Waals surface area (Å²) >= 11 is 11.9. The molecule has 4 rings (SSSR count). The van der Waals surface area contributed by atoms with Crippen LogP contribution in [-0.4, -0.2) is 39.7 Å². The Morgan fingerprint density at radius 3 is 2.96 bits per heavy atom. The van der Waals surface area contributed by atoms with E-state index in [9.17, 15) is 0 Å². The highest BCUT2D eigenvalue weighted by molar-refractivity contribution is 6.35. The van der Waals surface area contributed by atoms with Crippen LogP contribution in [0.2, 0.25) is 10.4 Å². The zero-order chi connectivity index (χ0) is 16.0. The topological polar surface area (TPSA) is 96.4 Å². The van der Waals surface area contributed by atoms with Crippen LogP contribution in [0.5, 0.6) is 0 Å². The van der Waals surface area contributed by atoms with Gasteiger partial charge in [0.2, 0.25) is 11.1 Å². The van der Waals surface area contributed by atoms with Crippen molar-refractivity contribution in [3.8, 4) is 0 Å². The third-order valence-corrected chi connectivity index (χ3v) is 4.13. The Morgan fingerprint density at radius 1 is 1.30 bits per heavy atom. The molecule has 1 saturated heterocycles. The second-order valence-electron chi connectivity index (χ2n) is 5.10. The summed E-state index contributed by atoms with van der Waals surface area (Å²) in [6.07, 6.45) is 2.75. The number of nitrogens with zero attached hydrogens (tertiary/aromatic N) is 8. The summed E-state index contributed by atoms with van der Waals surface area (Å²) in [5.41, 5.74) is 1.05. The number of aryl methyl sites for hydroxylation is 1. The standard InChI is InChI=1S/C12H12Cl2N8O/c1-2-22-19-10(18-20-22)6-3-4-7(23-6)21-5-15-8-9(13)16-12(14)17-11(8)21/h5-7H,2-4H2,1H3. The lowest BCUT2D eigenvalue weighted by molar-refractivity contribution is -0.000976. The first-order valence-corrected chi connectivity index (χ1v) is 7.90. The maximum atomic E-state index is 6.04. The largest absolute Gasteiger partial charge is 0.347 e. The fourth-order valence-corrected chi connectivity index (χ4v) is 3.02. The van der Waals surface area contributed by atoms with Crippen molar-refractivity contribution in [2.45, 2.75) is 38.6 Å². The van der Waals surface area contributed by atoms with Crippen LogP contribution in [0.15, 0.2) is 6.33 Å². The molecular weight excluding hydrogens is 343 g/mol. The molecule has 120 valence electrons. The highest BCUT2D eigenvalue weighted by atomic mass is 35.5. The first-order chi connectivity index (χ1) is 11.2. The summed E-state index contributed by atoms with van der Waals surface area (Å²) in [6.45, 7) is 2.62. The molecule has 11 heteroatoms. The van der Waals surface area contributed by atoms with Crippen LogP contribution in [0.4, 0.5) is 0 Å². The van der Waals surface area contributed by atoms with Crippen LogP contribution < -0.4 is 0 Å². The first-order valence-electron chi connectivity index (χ1n) is 7.14. The smallest absolute Gasteiger partial charge is 0.225 e. The number of aromatic nitrogens is 8. The van der Waals surface area contributed by atoms with Crippen LogP contribution in [0.3, 0.4) is 0 Å². The van der Waals surface area contributed by atoms with E-state index in [4.69, 9.17) is 27.9 Å². The van der Waals surface area contributed by atoms with Crippen molar-refractivity contribution in [2.75, 3.05) is 0 Å². The lowest BCUT2D eigenvalue weighted by atomic mass is 10.2. The molecule has 1 fully saturated rings. The minimum Gasteiger partial charge on any atom is -0.347 e. The molecule has 0 N–H and O–H groups in total. The highest BCUT2D eigenvalue weighted by Gasteiger charge is 2.32. The van der Waals surface area contributed by atoms with Gasteiger partial charge in [-0.25, -0.2) is 9.97 Å². The van der Waals surface area contributed by atoms with E-state index >= 15 is 0 Å². The van der Waals surface area contributed by atoms with Gasteiger partial charge in [0.1, 0.15) is 17.8 Å². The molecule has 0 saturated carbocycles. The fourth-order valence-electron chi connectivity index (χ4n) is 2.60. The number of ether oxygens (including phenoxy) is 1. The second-order valence-corrected chi connectivity index (χ2v) is 5.80. The molecule has 9 nitrogen and oxygen atoms in total. The number of hydrogen-bond donors (Lipinski definition) is 0. The predicted molar refractivity (Wildman–Crippen MR) is 80.9 cm³/mol. The lowest BCUT2D eigenvalue weighted by Crippen LogP contribution is -2.09. The van der Waals surface area contributed by atoms with E-state index in [2.05, 4.69) is 30.4 Å². The first kappa shape index (κ1) is 14.7. The highest BCUT2D eigenvalue weighted by Crippen LogP contribution is 2.38. The zero-order valence-electron chi connectivity index (χ0n) is 12.1. The lowest BCUT2D eigenvalue weighted by Gasteiger charge is -2.13. The molecule has 0 bridgehead atoms. The zero-order valence-corrected chi connectivity index (χ0v) is 13.6. The number of halogens is 2. The molecule has 0 aromatic carbocycles. The molecule has 0 amide bonds. The Labute approximate surface area is 140 Å². The number of rotatable bonds is 3. The van der Waals surface area contributed by atoms with Gasteiger partial charge in [-0.2, -0.15) is 9.78 Å². The van der Waals surface area contributed by atoms with Crippen LogP contribution in [0, 0.1) is 0 Å². The average Bonchev–Trinajstić information content (AvgIpc) is 3.25. The maximum Gasteiger partial charge on any atom is 0.225 e. The van der Waals surface area contributed by atoms with Gasteiger partial charge in [-0.05, 0) is 36.6 Å². The fraction of sp³-hybridized carbons (Fsp3) is 0.500. The SMILES string of the molecule is CCn1nnc(C2CCC(n3cnc4c(Cl)nc(Cl)nc43)O2)n1. The summed E-state index contributed by atoms with van der Waals surface area (Å²) in [5.74, 6) is 0.587. The Kier molecular flexibility index (Phi) is 3.63. The summed E-state index contributed by atoms with van der Waals surface area (Å²) in [6, 6.07) is 0. The Bertz CT molecular complexity index is 862. The molecule has 4 heterocycles. The third-order valence-electron chi connectivity index (χ3n) is 3.70. The third kappa shape index (κ3) is 2.54. The van der Waals surface area contributed by atoms with E-state index in [0.717, 1.165) is 12.8 Å². The van der Waals surface area contributed by atoms with Gasteiger partial charge in [0.05, 0.1) is 12.9 Å². The van der Waals surface area contributed by atoms with Gasteiger partial charge >= 0.3 is 0 Å². The predicted octanol–water partition coefficient (Wildman–Crippen LogP) is 2.19.